The van der Waals surface area contributed by atoms with Crippen LogP contribution in [0.1, 0.15) is 55.2 Å². The second kappa shape index (κ2) is 5.64. The number of aromatic nitrogens is 2. The van der Waals surface area contributed by atoms with E-state index in [1.807, 2.05) is 13.8 Å². The van der Waals surface area contributed by atoms with Crippen molar-refractivity contribution in [2.75, 3.05) is 0 Å². The third-order valence-electron chi connectivity index (χ3n) is 3.90. The molecule has 0 aliphatic heterocycles. The van der Waals surface area contributed by atoms with Gasteiger partial charge >= 0.3 is 5.97 Å². The molecule has 1 saturated carbocycles. The summed E-state index contributed by atoms with van der Waals surface area (Å²) in [5.41, 5.74) is 0.0627. The number of carbonyl (C=O) groups is 2. The molecule has 0 unspecified atom stereocenters. The van der Waals surface area contributed by atoms with E-state index in [1.165, 1.54) is 0 Å². The van der Waals surface area contributed by atoms with Crippen molar-refractivity contribution in [2.24, 2.45) is 0 Å². The molecule has 2 rings (SSSR count). The second-order valence-corrected chi connectivity index (χ2v) is 5.39. The summed E-state index contributed by atoms with van der Waals surface area (Å²) in [5.74, 6) is -1.29. The molecular formula is C14H21N3O3. The summed E-state index contributed by atoms with van der Waals surface area (Å²) < 4.78 is 1.60. The number of aryl methyl sites for hydroxylation is 2. The summed E-state index contributed by atoms with van der Waals surface area (Å²) in [6, 6.07) is 1.69. The topological polar surface area (TPSA) is 84.2 Å². The molecule has 0 spiro atoms. The summed E-state index contributed by atoms with van der Waals surface area (Å²) in [6.07, 6.45) is 3.68. The third-order valence-corrected chi connectivity index (χ3v) is 3.90. The van der Waals surface area contributed by atoms with Crippen LogP contribution in [0.5, 0.6) is 0 Å². The van der Waals surface area contributed by atoms with E-state index < -0.39 is 11.5 Å². The SMILES string of the molecule is CCn1nc(C)cc1C(=O)NC1(C(=O)O)CCCCC1. The Bertz CT molecular complexity index is 516. The molecule has 0 radical (unpaired) electrons. The van der Waals surface area contributed by atoms with E-state index in [0.29, 0.717) is 25.1 Å². The Morgan fingerprint density at radius 3 is 2.60 bits per heavy atom. The van der Waals surface area contributed by atoms with Gasteiger partial charge in [-0.25, -0.2) is 4.79 Å². The minimum atomic E-state index is -1.12. The molecule has 1 aromatic heterocycles. The molecule has 6 nitrogen and oxygen atoms in total. The lowest BCUT2D eigenvalue weighted by molar-refractivity contribution is -0.145. The first-order valence-corrected chi connectivity index (χ1v) is 7.09. The predicted octanol–water partition coefficient (Wildman–Crippen LogP) is 1.73. The Labute approximate surface area is 118 Å². The van der Waals surface area contributed by atoms with Gasteiger partial charge in [-0.1, -0.05) is 19.3 Å². The van der Waals surface area contributed by atoms with Crippen LogP contribution in [0.4, 0.5) is 0 Å². The number of carbonyl (C=O) groups excluding carboxylic acids is 1. The van der Waals surface area contributed by atoms with Crippen LogP contribution in [0, 0.1) is 6.92 Å². The number of nitrogens with one attached hydrogen (secondary N) is 1. The highest BCUT2D eigenvalue weighted by molar-refractivity contribution is 5.96. The Morgan fingerprint density at radius 1 is 1.40 bits per heavy atom. The van der Waals surface area contributed by atoms with Gasteiger partial charge in [0.2, 0.25) is 0 Å². The second-order valence-electron chi connectivity index (χ2n) is 5.39. The number of rotatable bonds is 4. The summed E-state index contributed by atoms with van der Waals surface area (Å²) in [5, 5.41) is 16.4. The molecule has 1 amide bonds. The highest BCUT2D eigenvalue weighted by Gasteiger charge is 2.41. The Kier molecular flexibility index (Phi) is 4.11. The van der Waals surface area contributed by atoms with Crippen LogP contribution < -0.4 is 5.32 Å². The maximum absolute atomic E-state index is 12.4. The van der Waals surface area contributed by atoms with Crippen molar-refractivity contribution in [2.45, 2.75) is 58.0 Å². The van der Waals surface area contributed by atoms with Crippen molar-refractivity contribution in [3.8, 4) is 0 Å². The highest BCUT2D eigenvalue weighted by Crippen LogP contribution is 2.28. The number of aliphatic carboxylic acids is 1. The fraction of sp³-hybridized carbons (Fsp3) is 0.643. The molecule has 6 heteroatoms. The average molecular weight is 279 g/mol. The highest BCUT2D eigenvalue weighted by atomic mass is 16.4. The molecule has 1 aliphatic rings. The lowest BCUT2D eigenvalue weighted by Gasteiger charge is -2.33. The molecule has 20 heavy (non-hydrogen) atoms. The maximum atomic E-state index is 12.4. The van der Waals surface area contributed by atoms with Gasteiger partial charge < -0.3 is 10.4 Å². The van der Waals surface area contributed by atoms with Gasteiger partial charge in [0.25, 0.3) is 5.91 Å². The summed E-state index contributed by atoms with van der Waals surface area (Å²) in [4.78, 5) is 23.9. The zero-order valence-corrected chi connectivity index (χ0v) is 12.0. The van der Waals surface area contributed by atoms with E-state index in [1.54, 1.807) is 10.7 Å². The van der Waals surface area contributed by atoms with Gasteiger partial charge in [-0.15, -0.1) is 0 Å². The van der Waals surface area contributed by atoms with Crippen LogP contribution in [-0.4, -0.2) is 32.3 Å². The molecule has 0 atom stereocenters. The molecule has 0 bridgehead atoms. The van der Waals surface area contributed by atoms with Gasteiger partial charge in [0.1, 0.15) is 11.2 Å². The van der Waals surface area contributed by atoms with E-state index in [9.17, 15) is 14.7 Å². The van der Waals surface area contributed by atoms with Gasteiger partial charge in [0.05, 0.1) is 5.69 Å². The average Bonchev–Trinajstić information content (AvgIpc) is 2.81. The fourth-order valence-corrected chi connectivity index (χ4v) is 2.80. The number of carboxylic acid groups (broad SMARTS) is 1. The summed E-state index contributed by atoms with van der Waals surface area (Å²) >= 11 is 0. The lowest BCUT2D eigenvalue weighted by atomic mass is 9.81. The molecular weight excluding hydrogens is 258 g/mol. The molecule has 1 fully saturated rings. The quantitative estimate of drug-likeness (QED) is 0.879. The number of carboxylic acids is 1. The van der Waals surface area contributed by atoms with Gasteiger partial charge in [-0.2, -0.15) is 5.10 Å². The van der Waals surface area contributed by atoms with Gasteiger partial charge in [-0.05, 0) is 32.8 Å². The van der Waals surface area contributed by atoms with Crippen LogP contribution in [0.3, 0.4) is 0 Å². The van der Waals surface area contributed by atoms with Gasteiger partial charge in [-0.3, -0.25) is 9.48 Å². The molecule has 1 heterocycles. The first kappa shape index (κ1) is 14.6. The van der Waals surface area contributed by atoms with E-state index in [2.05, 4.69) is 10.4 Å². The molecule has 2 N–H and O–H groups in total. The van der Waals surface area contributed by atoms with E-state index >= 15 is 0 Å². The van der Waals surface area contributed by atoms with Crippen molar-refractivity contribution >= 4 is 11.9 Å². The van der Waals surface area contributed by atoms with Crippen LogP contribution >= 0.6 is 0 Å². The summed E-state index contributed by atoms with van der Waals surface area (Å²) in [7, 11) is 0. The minimum Gasteiger partial charge on any atom is -0.480 e. The zero-order valence-electron chi connectivity index (χ0n) is 12.0. The largest absolute Gasteiger partial charge is 0.480 e. The standard InChI is InChI=1S/C14H21N3O3/c1-3-17-11(9-10(2)16-17)12(18)15-14(13(19)20)7-5-4-6-8-14/h9H,3-8H2,1-2H3,(H,15,18)(H,19,20). The van der Waals surface area contributed by atoms with E-state index in [4.69, 9.17) is 0 Å². The third kappa shape index (κ3) is 2.69. The smallest absolute Gasteiger partial charge is 0.329 e. The van der Waals surface area contributed by atoms with Crippen molar-refractivity contribution in [1.29, 1.82) is 0 Å². The number of hydrogen-bond donors (Lipinski definition) is 2. The number of hydrogen-bond acceptors (Lipinski definition) is 3. The summed E-state index contributed by atoms with van der Waals surface area (Å²) in [6.45, 7) is 4.30. The lowest BCUT2D eigenvalue weighted by Crippen LogP contribution is -2.55. The Morgan fingerprint density at radius 2 is 2.05 bits per heavy atom. The number of amides is 1. The van der Waals surface area contributed by atoms with Crippen LogP contribution in [0.15, 0.2) is 6.07 Å². The van der Waals surface area contributed by atoms with Crippen molar-refractivity contribution in [1.82, 2.24) is 15.1 Å². The molecule has 1 aliphatic carbocycles. The Hall–Kier alpha value is -1.85. The maximum Gasteiger partial charge on any atom is 0.329 e. The molecule has 0 saturated heterocycles. The molecule has 0 aromatic carbocycles. The normalized spacial score (nSPS) is 17.7. The van der Waals surface area contributed by atoms with Crippen molar-refractivity contribution in [3.63, 3.8) is 0 Å². The van der Waals surface area contributed by atoms with Gasteiger partial charge in [0, 0.05) is 6.54 Å². The van der Waals surface area contributed by atoms with E-state index in [0.717, 1.165) is 25.0 Å². The first-order chi connectivity index (χ1) is 9.48. The molecule has 1 aromatic rings. The van der Waals surface area contributed by atoms with Crippen molar-refractivity contribution in [3.05, 3.63) is 17.5 Å². The van der Waals surface area contributed by atoms with Crippen LogP contribution in [0.2, 0.25) is 0 Å². The van der Waals surface area contributed by atoms with E-state index in [-0.39, 0.29) is 5.91 Å². The predicted molar refractivity (Wildman–Crippen MR) is 73.6 cm³/mol. The molecule has 110 valence electrons. The minimum absolute atomic E-state index is 0.350. The fourth-order valence-electron chi connectivity index (χ4n) is 2.80. The number of nitrogens with zero attached hydrogens (tertiary/aromatic N) is 2. The van der Waals surface area contributed by atoms with Crippen LogP contribution in [0.25, 0.3) is 0 Å². The Balaban J connectivity index is 2.22. The van der Waals surface area contributed by atoms with Crippen LogP contribution in [-0.2, 0) is 11.3 Å². The van der Waals surface area contributed by atoms with Crippen molar-refractivity contribution < 1.29 is 14.7 Å². The monoisotopic (exact) mass is 279 g/mol. The first-order valence-electron chi connectivity index (χ1n) is 7.09. The van der Waals surface area contributed by atoms with Gasteiger partial charge in [0.15, 0.2) is 0 Å². The zero-order chi connectivity index (χ0) is 14.8.